The third-order valence-electron chi connectivity index (χ3n) is 0.604. The summed E-state index contributed by atoms with van der Waals surface area (Å²) < 4.78 is 9.88. The topological polar surface area (TPSA) is 18.5 Å². The van der Waals surface area contributed by atoms with Crippen LogP contribution in [-0.2, 0) is 6.15 Å². The molecule has 1 rings (SSSR count). The van der Waals surface area contributed by atoms with Gasteiger partial charge in [0.15, 0.2) is 0 Å². The Kier molecular flexibility index (Phi) is 1.24. The minimum atomic E-state index is -1.10. The third-order valence-corrected chi connectivity index (χ3v) is 3.10. The van der Waals surface area contributed by atoms with Crippen LogP contribution in [0, 0.1) is 0 Å². The van der Waals surface area contributed by atoms with Crippen LogP contribution in [0.4, 0.5) is 0 Å². The first-order valence-corrected chi connectivity index (χ1v) is 5.10. The van der Waals surface area contributed by atoms with Crippen LogP contribution in [0.3, 0.4) is 0 Å². The van der Waals surface area contributed by atoms with Crippen LogP contribution < -0.4 is 0 Å². The van der Waals surface area contributed by atoms with Crippen molar-refractivity contribution in [2.45, 2.75) is 6.92 Å². The average molecular weight is 193 g/mol. The number of rotatable bonds is 0. The summed E-state index contributed by atoms with van der Waals surface area (Å²) >= 11 is -1.10. The maximum absolute atomic E-state index is 5.00. The van der Waals surface area contributed by atoms with Crippen LogP contribution >= 0.6 is 0 Å². The van der Waals surface area contributed by atoms with Gasteiger partial charge in [0.2, 0.25) is 0 Å². The van der Waals surface area contributed by atoms with Gasteiger partial charge in [-0.15, -0.1) is 0 Å². The number of hydrogen-bond acceptors (Lipinski definition) is 2. The van der Waals surface area contributed by atoms with Crippen LogP contribution in [0.5, 0.6) is 0 Å². The summed E-state index contributed by atoms with van der Waals surface area (Å²) in [5, 5.41) is 0. The quantitative estimate of drug-likeness (QED) is 0.499. The Morgan fingerprint density at radius 3 is 2.83 bits per heavy atom. The number of allylic oxidation sites excluding steroid dienone is 1. The van der Waals surface area contributed by atoms with Crippen molar-refractivity contribution in [3.63, 3.8) is 0 Å². The van der Waals surface area contributed by atoms with E-state index in [2.05, 4.69) is 0 Å². The van der Waals surface area contributed by atoms with Crippen molar-refractivity contribution in [3.05, 3.63) is 12.0 Å². The van der Waals surface area contributed by atoms with E-state index in [0.29, 0.717) is 0 Å². The summed E-state index contributed by atoms with van der Waals surface area (Å²) in [4.78, 5) is 0. The zero-order valence-electron chi connectivity index (χ0n) is 3.60. The summed E-state index contributed by atoms with van der Waals surface area (Å²) in [5.74, 6) is 0.950. The average Bonchev–Trinajstić information content (AvgIpc) is 1.86. The Labute approximate surface area is 47.4 Å². The fraction of sp³-hybridized carbons (Fsp3) is 0.333. The van der Waals surface area contributed by atoms with Gasteiger partial charge in [0.05, 0.1) is 0 Å². The Morgan fingerprint density at radius 2 is 2.67 bits per heavy atom. The van der Waals surface area contributed by atoms with Crippen LogP contribution in [0.15, 0.2) is 12.0 Å². The van der Waals surface area contributed by atoms with E-state index in [9.17, 15) is 0 Å². The van der Waals surface area contributed by atoms with Gasteiger partial charge >= 0.3 is 47.1 Å². The first-order chi connectivity index (χ1) is 2.89. The molecule has 0 saturated heterocycles. The Hall–Kier alpha value is 0.139. The molecule has 0 aliphatic carbocycles. The van der Waals surface area contributed by atoms with Crippen LogP contribution in [0.2, 0.25) is 0 Å². The van der Waals surface area contributed by atoms with Gasteiger partial charge in [0.1, 0.15) is 0 Å². The molecule has 6 heavy (non-hydrogen) atoms. The maximum atomic E-state index is 5.00. The van der Waals surface area contributed by atoms with Crippen molar-refractivity contribution >= 4 is 22.0 Å². The van der Waals surface area contributed by atoms with Gasteiger partial charge in [0, 0.05) is 0 Å². The molecule has 0 aromatic rings. The predicted molar refractivity (Wildman–Crippen MR) is 24.5 cm³/mol. The summed E-state index contributed by atoms with van der Waals surface area (Å²) in [6.45, 7) is 1.91. The van der Waals surface area contributed by atoms with Crippen molar-refractivity contribution < 1.29 is 6.15 Å². The van der Waals surface area contributed by atoms with Gasteiger partial charge in [-0.25, -0.2) is 0 Å². The molecule has 2 nitrogen and oxygen atoms in total. The fourth-order valence-electron chi connectivity index (χ4n) is 0.312. The van der Waals surface area contributed by atoms with Crippen molar-refractivity contribution in [1.82, 2.24) is 0 Å². The second-order valence-corrected chi connectivity index (χ2v) is 3.61. The van der Waals surface area contributed by atoms with Gasteiger partial charge in [-0.1, -0.05) is 0 Å². The summed E-state index contributed by atoms with van der Waals surface area (Å²) in [6.07, 6.45) is 1.69. The molecular formula is C3H6O2Sn. The zero-order valence-corrected chi connectivity index (χ0v) is 7.64. The molecule has 0 saturated carbocycles. The van der Waals surface area contributed by atoms with E-state index in [-0.39, 0.29) is 0 Å². The SMILES string of the molecule is CC1=C[O][SnH2][O]1. The molecule has 0 N–H and O–H groups in total. The second kappa shape index (κ2) is 1.73. The normalized spacial score (nSPS) is 22.5. The van der Waals surface area contributed by atoms with Crippen molar-refractivity contribution in [2.24, 2.45) is 0 Å². The molecule has 1 heterocycles. The van der Waals surface area contributed by atoms with Gasteiger partial charge in [-0.2, -0.15) is 0 Å². The summed E-state index contributed by atoms with van der Waals surface area (Å²) in [6, 6.07) is 0. The molecule has 0 radical (unpaired) electrons. The zero-order chi connectivity index (χ0) is 4.41. The molecule has 0 aromatic heterocycles. The van der Waals surface area contributed by atoms with Gasteiger partial charge < -0.3 is 0 Å². The molecule has 0 atom stereocenters. The first-order valence-electron chi connectivity index (χ1n) is 1.81. The van der Waals surface area contributed by atoms with E-state index in [1.165, 1.54) is 0 Å². The molecule has 34 valence electrons. The van der Waals surface area contributed by atoms with Crippen LogP contribution in [0.1, 0.15) is 6.92 Å². The van der Waals surface area contributed by atoms with E-state index in [1.807, 2.05) is 6.92 Å². The van der Waals surface area contributed by atoms with Crippen molar-refractivity contribution in [3.8, 4) is 0 Å². The molecule has 3 heteroatoms. The molecule has 0 unspecified atom stereocenters. The Bertz CT molecular complexity index is 78.9. The van der Waals surface area contributed by atoms with Gasteiger partial charge in [-0.3, -0.25) is 0 Å². The Balaban J connectivity index is 2.45. The van der Waals surface area contributed by atoms with E-state index in [1.54, 1.807) is 6.26 Å². The van der Waals surface area contributed by atoms with E-state index in [4.69, 9.17) is 6.15 Å². The molecule has 0 aromatic carbocycles. The fourth-order valence-corrected chi connectivity index (χ4v) is 2.10. The van der Waals surface area contributed by atoms with Gasteiger partial charge in [-0.05, 0) is 0 Å². The number of hydrogen-bond donors (Lipinski definition) is 0. The Morgan fingerprint density at radius 1 is 1.83 bits per heavy atom. The summed E-state index contributed by atoms with van der Waals surface area (Å²) in [7, 11) is 0. The standard InChI is InChI=1S/C3H6O2.Sn.2H/c1-3(5)2-4;;;/h2,4-5H,1H3;;;/q;+2;;/p-2. The van der Waals surface area contributed by atoms with Crippen LogP contribution in [-0.4, -0.2) is 22.0 Å². The molecule has 0 amide bonds. The van der Waals surface area contributed by atoms with Crippen molar-refractivity contribution in [2.75, 3.05) is 0 Å². The predicted octanol–water partition coefficient (Wildman–Crippen LogP) is -0.107. The van der Waals surface area contributed by atoms with Gasteiger partial charge in [0.25, 0.3) is 0 Å². The molecular weight excluding hydrogens is 187 g/mol. The van der Waals surface area contributed by atoms with Crippen LogP contribution in [0.25, 0.3) is 0 Å². The molecule has 1 aliphatic heterocycles. The molecule has 0 spiro atoms. The molecule has 0 fully saturated rings. The van der Waals surface area contributed by atoms with E-state index in [0.717, 1.165) is 5.76 Å². The minimum absolute atomic E-state index is 0.950. The molecule has 1 aliphatic rings. The summed E-state index contributed by atoms with van der Waals surface area (Å²) in [5.41, 5.74) is 0. The first kappa shape index (κ1) is 4.30. The van der Waals surface area contributed by atoms with E-state index < -0.39 is 22.0 Å². The van der Waals surface area contributed by atoms with Crippen molar-refractivity contribution in [1.29, 1.82) is 0 Å². The third kappa shape index (κ3) is 0.800. The monoisotopic (exact) mass is 194 g/mol. The second-order valence-electron chi connectivity index (χ2n) is 1.16. The molecule has 0 bridgehead atoms. The van der Waals surface area contributed by atoms with E-state index >= 15 is 0 Å².